The summed E-state index contributed by atoms with van der Waals surface area (Å²) in [6.07, 6.45) is 0.869. The molecular formula is C19H26F3N5S. The molecule has 1 fully saturated rings. The van der Waals surface area contributed by atoms with Crippen molar-refractivity contribution in [3.8, 4) is 0 Å². The zero-order chi connectivity index (χ0) is 20.0. The third-order valence-corrected chi connectivity index (χ3v) is 6.05. The minimum atomic E-state index is -4.29. The van der Waals surface area contributed by atoms with E-state index in [0.717, 1.165) is 62.5 Å². The predicted octanol–water partition coefficient (Wildman–Crippen LogP) is 3.92. The summed E-state index contributed by atoms with van der Waals surface area (Å²) in [6.45, 7) is 4.37. The number of unbranched alkanes of at least 4 members (excludes halogenated alkanes) is 2. The summed E-state index contributed by atoms with van der Waals surface area (Å²) >= 11 is 1.73. The second-order valence-corrected chi connectivity index (χ2v) is 8.07. The van der Waals surface area contributed by atoms with Crippen molar-refractivity contribution >= 4 is 17.4 Å². The summed E-state index contributed by atoms with van der Waals surface area (Å²) in [5.41, 5.74) is 0.0851. The Balaban J connectivity index is 1.33. The zero-order valence-electron chi connectivity index (χ0n) is 16.0. The molecule has 0 spiro atoms. The van der Waals surface area contributed by atoms with Gasteiger partial charge in [0.25, 0.3) is 0 Å². The maximum Gasteiger partial charge on any atom is 0.416 e. The molecule has 0 atom stereocenters. The molecule has 0 bridgehead atoms. The normalized spacial score (nSPS) is 15.9. The standard InChI is InChI=1S/C19H26F3N5S/c1-25-15-23-24-18(25)28-13-4-2-3-8-26-9-11-27(12-10-26)17-7-5-6-16(14-17)19(20,21)22/h5-7,14-15H,2-4,8-13H2,1H3. The summed E-state index contributed by atoms with van der Waals surface area (Å²) in [7, 11) is 1.95. The van der Waals surface area contributed by atoms with Crippen LogP contribution < -0.4 is 4.90 Å². The first-order valence-electron chi connectivity index (χ1n) is 9.55. The van der Waals surface area contributed by atoms with Gasteiger partial charge in [-0.1, -0.05) is 24.2 Å². The Bertz CT molecular complexity index is 741. The molecule has 5 nitrogen and oxygen atoms in total. The molecule has 3 rings (SSSR count). The van der Waals surface area contributed by atoms with Crippen molar-refractivity contribution in [2.45, 2.75) is 30.6 Å². The van der Waals surface area contributed by atoms with E-state index in [-0.39, 0.29) is 0 Å². The van der Waals surface area contributed by atoms with Crippen LogP contribution in [-0.4, -0.2) is 58.1 Å². The van der Waals surface area contributed by atoms with Gasteiger partial charge in [-0.15, -0.1) is 10.2 Å². The summed E-state index contributed by atoms with van der Waals surface area (Å²) in [5.74, 6) is 1.04. The van der Waals surface area contributed by atoms with Crippen LogP contribution in [0.5, 0.6) is 0 Å². The average molecular weight is 414 g/mol. The van der Waals surface area contributed by atoms with E-state index in [1.54, 1.807) is 24.2 Å². The fraction of sp³-hybridized carbons (Fsp3) is 0.579. The van der Waals surface area contributed by atoms with Crippen LogP contribution in [0.25, 0.3) is 0 Å². The Morgan fingerprint density at radius 2 is 1.86 bits per heavy atom. The average Bonchev–Trinajstić information content (AvgIpc) is 3.09. The summed E-state index contributed by atoms with van der Waals surface area (Å²) < 4.78 is 40.6. The van der Waals surface area contributed by atoms with Crippen molar-refractivity contribution < 1.29 is 13.2 Å². The minimum absolute atomic E-state index is 0.577. The third kappa shape index (κ3) is 5.88. The van der Waals surface area contributed by atoms with Gasteiger partial charge in [-0.3, -0.25) is 4.90 Å². The summed E-state index contributed by atoms with van der Waals surface area (Å²) in [6, 6.07) is 5.64. The fourth-order valence-corrected chi connectivity index (χ4v) is 4.18. The van der Waals surface area contributed by atoms with Gasteiger partial charge in [0.15, 0.2) is 5.16 Å². The fourth-order valence-electron chi connectivity index (χ4n) is 3.29. The van der Waals surface area contributed by atoms with Crippen LogP contribution in [0.1, 0.15) is 24.8 Å². The molecule has 0 amide bonds. The Labute approximate surface area is 167 Å². The molecule has 0 N–H and O–H groups in total. The van der Waals surface area contributed by atoms with Crippen LogP contribution in [0.3, 0.4) is 0 Å². The predicted molar refractivity (Wildman–Crippen MR) is 106 cm³/mol. The van der Waals surface area contributed by atoms with Crippen molar-refractivity contribution in [1.82, 2.24) is 19.7 Å². The topological polar surface area (TPSA) is 37.2 Å². The Kier molecular flexibility index (Phi) is 7.23. The monoisotopic (exact) mass is 413 g/mol. The molecule has 1 aliphatic heterocycles. The summed E-state index contributed by atoms with van der Waals surface area (Å²) in [4.78, 5) is 4.45. The van der Waals surface area contributed by atoms with Crippen LogP contribution in [-0.2, 0) is 13.2 Å². The highest BCUT2D eigenvalue weighted by Crippen LogP contribution is 2.31. The van der Waals surface area contributed by atoms with Crippen molar-refractivity contribution in [1.29, 1.82) is 0 Å². The first-order chi connectivity index (χ1) is 13.4. The van der Waals surface area contributed by atoms with Gasteiger partial charge in [-0.25, -0.2) is 0 Å². The van der Waals surface area contributed by atoms with E-state index in [4.69, 9.17) is 0 Å². The van der Waals surface area contributed by atoms with E-state index < -0.39 is 11.7 Å². The number of halogens is 3. The molecule has 28 heavy (non-hydrogen) atoms. The second kappa shape index (κ2) is 9.65. The van der Waals surface area contributed by atoms with Gasteiger partial charge in [-0.2, -0.15) is 13.2 Å². The highest BCUT2D eigenvalue weighted by Gasteiger charge is 2.31. The lowest BCUT2D eigenvalue weighted by atomic mass is 10.1. The van der Waals surface area contributed by atoms with Gasteiger partial charge in [0, 0.05) is 44.7 Å². The molecule has 1 saturated heterocycles. The molecule has 0 radical (unpaired) electrons. The minimum Gasteiger partial charge on any atom is -0.369 e. The number of benzene rings is 1. The smallest absolute Gasteiger partial charge is 0.369 e. The van der Waals surface area contributed by atoms with E-state index in [2.05, 4.69) is 15.1 Å². The molecule has 154 valence electrons. The van der Waals surface area contributed by atoms with Crippen LogP contribution >= 0.6 is 11.8 Å². The number of hydrogen-bond donors (Lipinski definition) is 0. The molecule has 1 aromatic carbocycles. The van der Waals surface area contributed by atoms with Crippen LogP contribution in [0.15, 0.2) is 35.7 Å². The molecule has 0 unspecified atom stereocenters. The number of hydrogen-bond acceptors (Lipinski definition) is 5. The number of aromatic nitrogens is 3. The molecule has 0 aliphatic carbocycles. The summed E-state index contributed by atoms with van der Waals surface area (Å²) in [5, 5.41) is 8.88. The van der Waals surface area contributed by atoms with E-state index in [0.29, 0.717) is 5.69 Å². The number of anilines is 1. The number of rotatable bonds is 8. The first kappa shape index (κ1) is 21.0. The lowest BCUT2D eigenvalue weighted by Gasteiger charge is -2.36. The molecule has 0 saturated carbocycles. The van der Waals surface area contributed by atoms with Crippen molar-refractivity contribution in [2.24, 2.45) is 7.05 Å². The molecule has 9 heteroatoms. The molecule has 2 aromatic rings. The maximum atomic E-state index is 12.9. The van der Waals surface area contributed by atoms with Gasteiger partial charge >= 0.3 is 6.18 Å². The SMILES string of the molecule is Cn1cnnc1SCCCCCN1CCN(c2cccc(C(F)(F)F)c2)CC1. The van der Waals surface area contributed by atoms with Gasteiger partial charge in [0.05, 0.1) is 5.56 Å². The number of piperazine rings is 1. The molecule has 1 aliphatic rings. The number of alkyl halides is 3. The van der Waals surface area contributed by atoms with E-state index in [1.807, 2.05) is 16.5 Å². The van der Waals surface area contributed by atoms with E-state index in [9.17, 15) is 13.2 Å². The van der Waals surface area contributed by atoms with Gasteiger partial charge in [0.1, 0.15) is 6.33 Å². The molecular weight excluding hydrogens is 387 g/mol. The van der Waals surface area contributed by atoms with Crippen molar-refractivity contribution in [3.63, 3.8) is 0 Å². The largest absolute Gasteiger partial charge is 0.416 e. The number of aryl methyl sites for hydroxylation is 1. The maximum absolute atomic E-state index is 12.9. The van der Waals surface area contributed by atoms with E-state index >= 15 is 0 Å². The highest BCUT2D eigenvalue weighted by atomic mass is 32.2. The van der Waals surface area contributed by atoms with Crippen molar-refractivity contribution in [3.05, 3.63) is 36.2 Å². The van der Waals surface area contributed by atoms with Crippen LogP contribution in [0.4, 0.5) is 18.9 Å². The van der Waals surface area contributed by atoms with Crippen LogP contribution in [0, 0.1) is 0 Å². The lowest BCUT2D eigenvalue weighted by molar-refractivity contribution is -0.137. The Hall–Kier alpha value is -1.74. The quantitative estimate of drug-likeness (QED) is 0.484. The number of nitrogens with zero attached hydrogens (tertiary/aromatic N) is 5. The van der Waals surface area contributed by atoms with Crippen LogP contribution in [0.2, 0.25) is 0 Å². The number of thioether (sulfide) groups is 1. The highest BCUT2D eigenvalue weighted by molar-refractivity contribution is 7.99. The Morgan fingerprint density at radius 1 is 1.07 bits per heavy atom. The first-order valence-corrected chi connectivity index (χ1v) is 10.5. The zero-order valence-corrected chi connectivity index (χ0v) is 16.8. The lowest BCUT2D eigenvalue weighted by Crippen LogP contribution is -2.46. The molecule has 2 heterocycles. The second-order valence-electron chi connectivity index (χ2n) is 7.01. The van der Waals surface area contributed by atoms with Gasteiger partial charge in [-0.05, 0) is 37.6 Å². The molecule has 1 aromatic heterocycles. The van der Waals surface area contributed by atoms with Crippen molar-refractivity contribution in [2.75, 3.05) is 43.4 Å². The third-order valence-electron chi connectivity index (χ3n) is 4.93. The van der Waals surface area contributed by atoms with E-state index in [1.165, 1.54) is 18.6 Å². The Morgan fingerprint density at radius 3 is 2.54 bits per heavy atom. The van der Waals surface area contributed by atoms with Gasteiger partial charge in [0.2, 0.25) is 0 Å². The van der Waals surface area contributed by atoms with Gasteiger partial charge < -0.3 is 9.47 Å².